The first-order chi connectivity index (χ1) is 8.95. The van der Waals surface area contributed by atoms with Gasteiger partial charge in [0.05, 0.1) is 0 Å². The van der Waals surface area contributed by atoms with Crippen LogP contribution >= 0.6 is 12.4 Å². The smallest absolute Gasteiger partial charge is 0.0350 e. The highest BCUT2D eigenvalue weighted by molar-refractivity contribution is 5.85. The second kappa shape index (κ2) is 7.12. The SMILES string of the molecule is C1=C(c2ccccc2)C(N2CCCCC2)CCC1.Cl. The number of nitrogens with zero attached hydrogens (tertiary/aromatic N) is 1. The molecule has 3 rings (SSSR count). The highest BCUT2D eigenvalue weighted by Gasteiger charge is 2.26. The van der Waals surface area contributed by atoms with Gasteiger partial charge in [0.2, 0.25) is 0 Å². The fraction of sp³-hybridized carbons (Fsp3) is 0.529. The van der Waals surface area contributed by atoms with E-state index in [1.54, 1.807) is 5.57 Å². The lowest BCUT2D eigenvalue weighted by atomic mass is 9.87. The zero-order chi connectivity index (χ0) is 12.2. The second-order valence-corrected chi connectivity index (χ2v) is 5.57. The average molecular weight is 278 g/mol. The van der Waals surface area contributed by atoms with Crippen LogP contribution in [0.5, 0.6) is 0 Å². The molecule has 1 aliphatic heterocycles. The Kier molecular flexibility index (Phi) is 5.47. The Morgan fingerprint density at radius 1 is 0.895 bits per heavy atom. The molecule has 1 unspecified atom stereocenters. The molecule has 19 heavy (non-hydrogen) atoms. The zero-order valence-electron chi connectivity index (χ0n) is 11.6. The van der Waals surface area contributed by atoms with Crippen molar-refractivity contribution in [2.24, 2.45) is 0 Å². The number of likely N-dealkylation sites (tertiary alicyclic amines) is 1. The summed E-state index contributed by atoms with van der Waals surface area (Å²) in [5.41, 5.74) is 3.02. The van der Waals surface area contributed by atoms with Gasteiger partial charge in [-0.25, -0.2) is 0 Å². The molecule has 1 nitrogen and oxygen atoms in total. The zero-order valence-corrected chi connectivity index (χ0v) is 12.4. The summed E-state index contributed by atoms with van der Waals surface area (Å²) in [6.07, 6.45) is 10.6. The lowest BCUT2D eigenvalue weighted by molar-refractivity contribution is 0.185. The van der Waals surface area contributed by atoms with Gasteiger partial charge in [-0.3, -0.25) is 4.90 Å². The third kappa shape index (κ3) is 3.40. The molecule has 0 saturated carbocycles. The fourth-order valence-electron chi connectivity index (χ4n) is 3.41. The van der Waals surface area contributed by atoms with E-state index in [1.807, 2.05) is 0 Å². The molecule has 0 spiro atoms. The summed E-state index contributed by atoms with van der Waals surface area (Å²) in [6, 6.07) is 11.7. The van der Waals surface area contributed by atoms with Crippen molar-refractivity contribution in [3.63, 3.8) is 0 Å². The van der Waals surface area contributed by atoms with Crippen LogP contribution in [0.25, 0.3) is 5.57 Å². The van der Waals surface area contributed by atoms with Crippen LogP contribution < -0.4 is 0 Å². The van der Waals surface area contributed by atoms with E-state index in [2.05, 4.69) is 41.3 Å². The minimum atomic E-state index is 0. The minimum absolute atomic E-state index is 0. The number of rotatable bonds is 2. The van der Waals surface area contributed by atoms with E-state index in [0.717, 1.165) is 0 Å². The number of halogens is 1. The van der Waals surface area contributed by atoms with Crippen LogP contribution in [-0.4, -0.2) is 24.0 Å². The molecule has 1 aliphatic carbocycles. The molecule has 1 atom stereocenters. The van der Waals surface area contributed by atoms with Crippen LogP contribution in [0.4, 0.5) is 0 Å². The Labute approximate surface area is 123 Å². The van der Waals surface area contributed by atoms with Crippen molar-refractivity contribution in [1.82, 2.24) is 4.90 Å². The number of hydrogen-bond acceptors (Lipinski definition) is 1. The molecule has 1 fully saturated rings. The molecular formula is C17H24ClN. The van der Waals surface area contributed by atoms with Gasteiger partial charge in [-0.15, -0.1) is 12.4 Å². The molecule has 0 amide bonds. The molecule has 0 N–H and O–H groups in total. The number of piperidine rings is 1. The van der Waals surface area contributed by atoms with Gasteiger partial charge < -0.3 is 0 Å². The van der Waals surface area contributed by atoms with E-state index in [9.17, 15) is 0 Å². The van der Waals surface area contributed by atoms with Crippen LogP contribution in [0.3, 0.4) is 0 Å². The van der Waals surface area contributed by atoms with Crippen molar-refractivity contribution >= 4 is 18.0 Å². The van der Waals surface area contributed by atoms with Crippen molar-refractivity contribution in [1.29, 1.82) is 0 Å². The Bertz CT molecular complexity index is 407. The first-order valence-electron chi connectivity index (χ1n) is 7.45. The Balaban J connectivity index is 0.00000133. The molecule has 0 bridgehead atoms. The summed E-state index contributed by atoms with van der Waals surface area (Å²) < 4.78 is 0. The van der Waals surface area contributed by atoms with Crippen molar-refractivity contribution in [3.8, 4) is 0 Å². The van der Waals surface area contributed by atoms with Gasteiger partial charge in [0.1, 0.15) is 0 Å². The molecule has 1 aromatic rings. The average Bonchev–Trinajstić information content (AvgIpc) is 2.49. The third-order valence-electron chi connectivity index (χ3n) is 4.34. The van der Waals surface area contributed by atoms with Gasteiger partial charge >= 0.3 is 0 Å². The van der Waals surface area contributed by atoms with Gasteiger partial charge in [0.25, 0.3) is 0 Å². The fourth-order valence-corrected chi connectivity index (χ4v) is 3.41. The van der Waals surface area contributed by atoms with E-state index in [0.29, 0.717) is 6.04 Å². The van der Waals surface area contributed by atoms with Gasteiger partial charge in [0.15, 0.2) is 0 Å². The highest BCUT2D eigenvalue weighted by Crippen LogP contribution is 2.32. The summed E-state index contributed by atoms with van der Waals surface area (Å²) in [7, 11) is 0. The van der Waals surface area contributed by atoms with Gasteiger partial charge in [0, 0.05) is 6.04 Å². The van der Waals surface area contributed by atoms with Crippen LogP contribution in [0.2, 0.25) is 0 Å². The topological polar surface area (TPSA) is 3.24 Å². The molecule has 0 aromatic heterocycles. The van der Waals surface area contributed by atoms with Crippen LogP contribution in [-0.2, 0) is 0 Å². The second-order valence-electron chi connectivity index (χ2n) is 5.57. The standard InChI is InChI=1S/C17H23N.ClH/c1-3-9-15(10-4-1)16-11-5-6-12-17(16)18-13-7-2-8-14-18;/h1,3-4,9-11,17H,2,5-8,12-14H2;1H. The summed E-state index contributed by atoms with van der Waals surface area (Å²) in [5.74, 6) is 0. The van der Waals surface area contributed by atoms with E-state index in [1.165, 1.54) is 57.2 Å². The van der Waals surface area contributed by atoms with Gasteiger partial charge in [-0.1, -0.05) is 42.8 Å². The van der Waals surface area contributed by atoms with Crippen LogP contribution in [0.1, 0.15) is 44.1 Å². The molecule has 104 valence electrons. The predicted octanol–water partition coefficient (Wildman–Crippen LogP) is 4.53. The molecule has 1 heterocycles. The molecule has 2 aliphatic rings. The summed E-state index contributed by atoms with van der Waals surface area (Å²) in [5, 5.41) is 0. The highest BCUT2D eigenvalue weighted by atomic mass is 35.5. The van der Waals surface area contributed by atoms with Gasteiger partial charge in [-0.2, -0.15) is 0 Å². The normalized spacial score (nSPS) is 24.4. The summed E-state index contributed by atoms with van der Waals surface area (Å²) >= 11 is 0. The Hall–Kier alpha value is -0.790. The van der Waals surface area contributed by atoms with E-state index in [4.69, 9.17) is 0 Å². The quantitative estimate of drug-likeness (QED) is 0.768. The molecule has 1 aromatic carbocycles. The Morgan fingerprint density at radius 2 is 1.63 bits per heavy atom. The maximum Gasteiger partial charge on any atom is 0.0350 e. The molecular weight excluding hydrogens is 254 g/mol. The van der Waals surface area contributed by atoms with Crippen molar-refractivity contribution in [2.45, 2.75) is 44.6 Å². The lowest BCUT2D eigenvalue weighted by Crippen LogP contribution is -2.40. The minimum Gasteiger partial charge on any atom is -0.296 e. The first-order valence-corrected chi connectivity index (χ1v) is 7.45. The summed E-state index contributed by atoms with van der Waals surface area (Å²) in [4.78, 5) is 2.72. The third-order valence-corrected chi connectivity index (χ3v) is 4.34. The van der Waals surface area contributed by atoms with Crippen molar-refractivity contribution in [3.05, 3.63) is 42.0 Å². The lowest BCUT2D eigenvalue weighted by Gasteiger charge is -2.38. The molecule has 0 radical (unpaired) electrons. The van der Waals surface area contributed by atoms with Gasteiger partial charge in [-0.05, 0) is 56.3 Å². The van der Waals surface area contributed by atoms with Crippen molar-refractivity contribution in [2.75, 3.05) is 13.1 Å². The van der Waals surface area contributed by atoms with E-state index < -0.39 is 0 Å². The molecule has 2 heteroatoms. The number of allylic oxidation sites excluding steroid dienone is 1. The molecule has 1 saturated heterocycles. The van der Waals surface area contributed by atoms with Crippen LogP contribution in [0.15, 0.2) is 36.4 Å². The van der Waals surface area contributed by atoms with E-state index in [-0.39, 0.29) is 12.4 Å². The summed E-state index contributed by atoms with van der Waals surface area (Å²) in [6.45, 7) is 2.60. The largest absolute Gasteiger partial charge is 0.296 e. The monoisotopic (exact) mass is 277 g/mol. The first kappa shape index (κ1) is 14.6. The predicted molar refractivity (Wildman–Crippen MR) is 84.7 cm³/mol. The number of benzene rings is 1. The Morgan fingerprint density at radius 3 is 2.37 bits per heavy atom. The van der Waals surface area contributed by atoms with E-state index >= 15 is 0 Å². The van der Waals surface area contributed by atoms with Crippen LogP contribution in [0, 0.1) is 0 Å². The maximum absolute atomic E-state index is 2.72. The maximum atomic E-state index is 2.72. The number of hydrogen-bond donors (Lipinski definition) is 0. The van der Waals surface area contributed by atoms with Crippen molar-refractivity contribution < 1.29 is 0 Å².